The van der Waals surface area contributed by atoms with Gasteiger partial charge in [0, 0.05) is 6.04 Å². The van der Waals surface area contributed by atoms with Gasteiger partial charge in [-0.15, -0.1) is 0 Å². The number of nitrogens with one attached hydrogen (secondary N) is 1. The summed E-state index contributed by atoms with van der Waals surface area (Å²) in [5.74, 6) is -1.33. The predicted octanol–water partition coefficient (Wildman–Crippen LogP) is -0.361. The molecule has 0 aromatic carbocycles. The third kappa shape index (κ3) is 3.45. The van der Waals surface area contributed by atoms with E-state index in [0.717, 1.165) is 25.7 Å². The standard InChI is InChI=1S/C10H15NO4.Na.H/c12-9(7-8(15-7)10(13)14)11-6-4-2-1-3-5-6;;/h6-8H,1-5H2,(H,11,12)(H,13,14);;. The number of carboxylic acids is 1. The van der Waals surface area contributed by atoms with Crippen LogP contribution >= 0.6 is 0 Å². The maximum absolute atomic E-state index is 11.5. The van der Waals surface area contributed by atoms with Gasteiger partial charge in [0.15, 0.2) is 12.2 Å². The Hall–Kier alpha value is -0.100. The van der Waals surface area contributed by atoms with Crippen LogP contribution in [0.2, 0.25) is 0 Å². The number of hydrogen-bond acceptors (Lipinski definition) is 3. The SMILES string of the molecule is O=C(O)C1OC1C(=O)NC1CCCCC1.[NaH]. The van der Waals surface area contributed by atoms with Gasteiger partial charge in [-0.2, -0.15) is 0 Å². The molecule has 1 saturated carbocycles. The fraction of sp³-hybridized carbons (Fsp3) is 0.800. The number of rotatable bonds is 3. The van der Waals surface area contributed by atoms with E-state index in [1.54, 1.807) is 0 Å². The second kappa shape index (κ2) is 6.00. The van der Waals surface area contributed by atoms with Gasteiger partial charge in [-0.05, 0) is 12.8 Å². The van der Waals surface area contributed by atoms with Crippen LogP contribution in [0, 0.1) is 0 Å². The van der Waals surface area contributed by atoms with Crippen LogP contribution in [0.5, 0.6) is 0 Å². The Morgan fingerprint density at radius 3 is 2.25 bits per heavy atom. The summed E-state index contributed by atoms with van der Waals surface area (Å²) in [6.45, 7) is 0. The van der Waals surface area contributed by atoms with Gasteiger partial charge in [0.2, 0.25) is 0 Å². The summed E-state index contributed by atoms with van der Waals surface area (Å²) in [5, 5.41) is 11.4. The summed E-state index contributed by atoms with van der Waals surface area (Å²) >= 11 is 0. The molecular weight excluding hydrogens is 221 g/mol. The summed E-state index contributed by atoms with van der Waals surface area (Å²) < 4.78 is 4.77. The summed E-state index contributed by atoms with van der Waals surface area (Å²) in [4.78, 5) is 22.0. The normalized spacial score (nSPS) is 29.0. The Kier molecular flexibility index (Phi) is 5.24. The van der Waals surface area contributed by atoms with Crippen molar-refractivity contribution in [3.8, 4) is 0 Å². The average molecular weight is 237 g/mol. The molecule has 2 fully saturated rings. The fourth-order valence-corrected chi connectivity index (χ4v) is 2.03. The summed E-state index contributed by atoms with van der Waals surface area (Å²) in [7, 11) is 0. The van der Waals surface area contributed by atoms with Crippen molar-refractivity contribution >= 4 is 41.4 Å². The molecule has 0 aromatic rings. The van der Waals surface area contributed by atoms with Crippen LogP contribution in [-0.2, 0) is 14.3 Å². The first-order valence-corrected chi connectivity index (χ1v) is 5.37. The summed E-state index contributed by atoms with van der Waals surface area (Å²) in [6.07, 6.45) is 3.81. The van der Waals surface area contributed by atoms with Crippen molar-refractivity contribution in [3.63, 3.8) is 0 Å². The number of carbonyl (C=O) groups is 2. The second-order valence-electron chi connectivity index (χ2n) is 4.16. The average Bonchev–Trinajstić information content (AvgIpc) is 2.98. The van der Waals surface area contributed by atoms with Crippen molar-refractivity contribution < 1.29 is 19.4 Å². The Labute approximate surface area is 116 Å². The van der Waals surface area contributed by atoms with Gasteiger partial charge in [-0.25, -0.2) is 4.79 Å². The number of aliphatic carboxylic acids is 1. The zero-order valence-corrected chi connectivity index (χ0v) is 8.44. The molecule has 2 atom stereocenters. The molecule has 2 aliphatic rings. The van der Waals surface area contributed by atoms with Gasteiger partial charge in [-0.1, -0.05) is 19.3 Å². The number of carbonyl (C=O) groups excluding carboxylic acids is 1. The molecule has 0 radical (unpaired) electrons. The molecule has 2 N–H and O–H groups in total. The van der Waals surface area contributed by atoms with Gasteiger partial charge in [0.25, 0.3) is 5.91 Å². The van der Waals surface area contributed by atoms with Crippen molar-refractivity contribution in [1.82, 2.24) is 5.32 Å². The van der Waals surface area contributed by atoms with Gasteiger partial charge in [0.05, 0.1) is 0 Å². The molecule has 86 valence electrons. The Bertz CT molecular complexity index is 278. The minimum absolute atomic E-state index is 0. The van der Waals surface area contributed by atoms with E-state index in [4.69, 9.17) is 9.84 Å². The van der Waals surface area contributed by atoms with Gasteiger partial charge in [-0.3, -0.25) is 4.79 Å². The fourth-order valence-electron chi connectivity index (χ4n) is 2.03. The monoisotopic (exact) mass is 237 g/mol. The Morgan fingerprint density at radius 1 is 1.12 bits per heavy atom. The van der Waals surface area contributed by atoms with E-state index in [1.807, 2.05) is 0 Å². The van der Waals surface area contributed by atoms with Crippen molar-refractivity contribution in [2.75, 3.05) is 0 Å². The first-order valence-electron chi connectivity index (χ1n) is 5.37. The van der Waals surface area contributed by atoms with Crippen molar-refractivity contribution in [2.45, 2.75) is 50.4 Å². The third-order valence-corrected chi connectivity index (χ3v) is 2.94. The molecule has 0 spiro atoms. The number of ether oxygens (including phenoxy) is 1. The number of epoxide rings is 1. The van der Waals surface area contributed by atoms with E-state index in [9.17, 15) is 9.59 Å². The maximum atomic E-state index is 11.5. The molecule has 0 aromatic heterocycles. The van der Waals surface area contributed by atoms with E-state index in [0.29, 0.717) is 0 Å². The van der Waals surface area contributed by atoms with E-state index in [1.165, 1.54) is 6.42 Å². The van der Waals surface area contributed by atoms with Crippen LogP contribution in [0.4, 0.5) is 0 Å². The van der Waals surface area contributed by atoms with E-state index in [-0.39, 0.29) is 41.5 Å². The van der Waals surface area contributed by atoms with Crippen LogP contribution in [0.1, 0.15) is 32.1 Å². The molecule has 1 heterocycles. The molecule has 16 heavy (non-hydrogen) atoms. The van der Waals surface area contributed by atoms with Crippen LogP contribution in [-0.4, -0.2) is 64.8 Å². The topological polar surface area (TPSA) is 78.9 Å². The molecule has 2 rings (SSSR count). The number of amides is 1. The van der Waals surface area contributed by atoms with Gasteiger partial charge in [0.1, 0.15) is 0 Å². The Balaban J connectivity index is 0.00000128. The summed E-state index contributed by atoms with van der Waals surface area (Å²) in [5.41, 5.74) is 0. The molecule has 1 aliphatic heterocycles. The zero-order chi connectivity index (χ0) is 10.8. The van der Waals surface area contributed by atoms with E-state index in [2.05, 4.69) is 5.32 Å². The van der Waals surface area contributed by atoms with Crippen molar-refractivity contribution in [1.29, 1.82) is 0 Å². The molecule has 1 aliphatic carbocycles. The predicted molar refractivity (Wildman–Crippen MR) is 58.5 cm³/mol. The molecule has 0 bridgehead atoms. The van der Waals surface area contributed by atoms with Gasteiger partial charge < -0.3 is 15.2 Å². The molecule has 6 heteroatoms. The molecular formula is C10H16NNaO4. The van der Waals surface area contributed by atoms with Crippen LogP contribution < -0.4 is 5.32 Å². The summed E-state index contributed by atoms with van der Waals surface area (Å²) in [6, 6.07) is 0.213. The van der Waals surface area contributed by atoms with Crippen LogP contribution in [0.25, 0.3) is 0 Å². The quantitative estimate of drug-likeness (QED) is 0.519. The van der Waals surface area contributed by atoms with E-state index < -0.39 is 18.2 Å². The van der Waals surface area contributed by atoms with Crippen LogP contribution in [0.3, 0.4) is 0 Å². The molecule has 2 unspecified atom stereocenters. The Morgan fingerprint density at radius 2 is 1.75 bits per heavy atom. The molecule has 5 nitrogen and oxygen atoms in total. The molecule has 1 amide bonds. The zero-order valence-electron chi connectivity index (χ0n) is 8.44. The van der Waals surface area contributed by atoms with Crippen molar-refractivity contribution in [2.24, 2.45) is 0 Å². The first kappa shape index (κ1) is 14.0. The van der Waals surface area contributed by atoms with Gasteiger partial charge >= 0.3 is 35.5 Å². The third-order valence-electron chi connectivity index (χ3n) is 2.94. The van der Waals surface area contributed by atoms with Crippen molar-refractivity contribution in [3.05, 3.63) is 0 Å². The van der Waals surface area contributed by atoms with Crippen LogP contribution in [0.15, 0.2) is 0 Å². The second-order valence-corrected chi connectivity index (χ2v) is 4.16. The molecule has 1 saturated heterocycles. The minimum atomic E-state index is -1.06. The van der Waals surface area contributed by atoms with E-state index >= 15 is 0 Å². The number of hydrogen-bond donors (Lipinski definition) is 2. The number of carboxylic acid groups (broad SMARTS) is 1. The first-order chi connectivity index (χ1) is 7.18.